The van der Waals surface area contributed by atoms with Gasteiger partial charge in [-0.25, -0.2) is 0 Å². The minimum absolute atomic E-state index is 0.137. The summed E-state index contributed by atoms with van der Waals surface area (Å²) in [5.41, 5.74) is 2.24. The number of rotatable bonds is 3. The summed E-state index contributed by atoms with van der Waals surface area (Å²) in [7, 11) is 0. The lowest BCUT2D eigenvalue weighted by Gasteiger charge is -2.20. The summed E-state index contributed by atoms with van der Waals surface area (Å²) in [4.78, 5) is 14.6. The molecule has 0 amide bonds. The van der Waals surface area contributed by atoms with E-state index in [2.05, 4.69) is 43.1 Å². The minimum Gasteiger partial charge on any atom is -0.315 e. The summed E-state index contributed by atoms with van der Waals surface area (Å²) >= 11 is 0. The first-order valence-corrected chi connectivity index (χ1v) is 7.53. The molecule has 1 heterocycles. The van der Waals surface area contributed by atoms with Crippen molar-refractivity contribution < 1.29 is 4.79 Å². The van der Waals surface area contributed by atoms with E-state index in [1.807, 2.05) is 12.1 Å². The van der Waals surface area contributed by atoms with Crippen LogP contribution in [0.2, 0.25) is 0 Å². The van der Waals surface area contributed by atoms with Crippen LogP contribution in [0.15, 0.2) is 24.3 Å². The van der Waals surface area contributed by atoms with Crippen molar-refractivity contribution >= 4 is 5.78 Å². The summed E-state index contributed by atoms with van der Waals surface area (Å²) in [6.07, 6.45) is 1.12. The van der Waals surface area contributed by atoms with E-state index in [0.717, 1.165) is 38.2 Å². The molecule has 1 aliphatic heterocycles. The number of nitrogens with zero attached hydrogens (tertiary/aromatic N) is 1. The van der Waals surface area contributed by atoms with Crippen LogP contribution in [0.1, 0.15) is 43.1 Å². The van der Waals surface area contributed by atoms with E-state index < -0.39 is 0 Å². The maximum absolute atomic E-state index is 12.3. The molecule has 1 aromatic carbocycles. The number of hydrogen-bond donors (Lipinski definition) is 1. The molecule has 1 aromatic rings. The number of carbonyl (C=O) groups is 1. The zero-order valence-corrected chi connectivity index (χ0v) is 12.9. The topological polar surface area (TPSA) is 32.3 Å². The molecule has 0 unspecified atom stereocenters. The van der Waals surface area contributed by atoms with E-state index in [4.69, 9.17) is 0 Å². The van der Waals surface area contributed by atoms with Gasteiger partial charge in [-0.1, -0.05) is 45.0 Å². The predicted octanol–water partition coefficient (Wildman–Crippen LogP) is 2.46. The van der Waals surface area contributed by atoms with Gasteiger partial charge in [-0.15, -0.1) is 0 Å². The highest BCUT2D eigenvalue weighted by Crippen LogP contribution is 2.22. The molecule has 0 spiro atoms. The Morgan fingerprint density at radius 2 is 1.85 bits per heavy atom. The van der Waals surface area contributed by atoms with E-state index in [0.29, 0.717) is 6.54 Å². The molecule has 3 nitrogen and oxygen atoms in total. The second-order valence-corrected chi connectivity index (χ2v) is 6.63. The Hall–Kier alpha value is -1.19. The summed E-state index contributed by atoms with van der Waals surface area (Å²) in [5, 5.41) is 3.36. The molecule has 1 fully saturated rings. The van der Waals surface area contributed by atoms with Gasteiger partial charge in [0.1, 0.15) is 0 Å². The van der Waals surface area contributed by atoms with E-state index in [-0.39, 0.29) is 11.2 Å². The van der Waals surface area contributed by atoms with Gasteiger partial charge in [-0.2, -0.15) is 0 Å². The van der Waals surface area contributed by atoms with E-state index in [1.54, 1.807) is 0 Å². The van der Waals surface area contributed by atoms with E-state index >= 15 is 0 Å². The lowest BCUT2D eigenvalue weighted by molar-refractivity contribution is 0.0935. The summed E-state index contributed by atoms with van der Waals surface area (Å²) in [5.74, 6) is 0.229. The van der Waals surface area contributed by atoms with Crippen LogP contribution in [-0.2, 0) is 5.41 Å². The molecule has 0 bridgehead atoms. The summed E-state index contributed by atoms with van der Waals surface area (Å²) in [6.45, 7) is 11.1. The Morgan fingerprint density at radius 3 is 2.50 bits per heavy atom. The Kier molecular flexibility index (Phi) is 4.95. The quantitative estimate of drug-likeness (QED) is 0.859. The highest BCUT2D eigenvalue weighted by molar-refractivity contribution is 5.97. The molecule has 1 saturated heterocycles. The van der Waals surface area contributed by atoms with Crippen molar-refractivity contribution in [3.63, 3.8) is 0 Å². The van der Waals surface area contributed by atoms with Crippen LogP contribution in [0, 0.1) is 0 Å². The van der Waals surface area contributed by atoms with Gasteiger partial charge in [-0.05, 0) is 30.5 Å². The molecule has 1 N–H and O–H groups in total. The Balaban J connectivity index is 1.98. The van der Waals surface area contributed by atoms with Crippen LogP contribution in [-0.4, -0.2) is 43.4 Å². The zero-order valence-electron chi connectivity index (χ0n) is 12.9. The molecule has 1 aliphatic rings. The molecule has 0 atom stereocenters. The molecule has 2 rings (SSSR count). The second-order valence-electron chi connectivity index (χ2n) is 6.63. The maximum Gasteiger partial charge on any atom is 0.176 e. The van der Waals surface area contributed by atoms with Crippen LogP contribution < -0.4 is 5.32 Å². The number of Topliss-reactive ketones (excluding diaryl/α,β-unsaturated/α-hetero) is 1. The van der Waals surface area contributed by atoms with Crippen LogP contribution in [0.25, 0.3) is 0 Å². The molecule has 0 saturated carbocycles. The average molecular weight is 274 g/mol. The molecular formula is C17H26N2O. The van der Waals surface area contributed by atoms with Crippen LogP contribution in [0.4, 0.5) is 0 Å². The molecule has 3 heteroatoms. The van der Waals surface area contributed by atoms with E-state index in [9.17, 15) is 4.79 Å². The first-order valence-electron chi connectivity index (χ1n) is 7.53. The van der Waals surface area contributed by atoms with Gasteiger partial charge < -0.3 is 5.32 Å². The first kappa shape index (κ1) is 15.2. The van der Waals surface area contributed by atoms with Gasteiger partial charge in [0.2, 0.25) is 0 Å². The van der Waals surface area contributed by atoms with Crippen molar-refractivity contribution in [2.45, 2.75) is 32.6 Å². The van der Waals surface area contributed by atoms with Gasteiger partial charge in [0.25, 0.3) is 0 Å². The summed E-state index contributed by atoms with van der Waals surface area (Å²) in [6, 6.07) is 8.10. The lowest BCUT2D eigenvalue weighted by atomic mass is 9.86. The third-order valence-electron chi connectivity index (χ3n) is 3.87. The normalized spacial score (nSPS) is 17.8. The monoisotopic (exact) mass is 274 g/mol. The van der Waals surface area contributed by atoms with Crippen LogP contribution in [0.3, 0.4) is 0 Å². The molecule has 110 valence electrons. The molecule has 20 heavy (non-hydrogen) atoms. The highest BCUT2D eigenvalue weighted by atomic mass is 16.1. The Bertz CT molecular complexity index is 437. The van der Waals surface area contributed by atoms with Gasteiger partial charge >= 0.3 is 0 Å². The SMILES string of the molecule is CC(C)(C)c1ccc(C(=O)CN2CCCNCC2)cc1. The Morgan fingerprint density at radius 1 is 1.15 bits per heavy atom. The van der Waals surface area contributed by atoms with Crippen LogP contribution in [0.5, 0.6) is 0 Å². The fourth-order valence-corrected chi connectivity index (χ4v) is 2.51. The zero-order chi connectivity index (χ0) is 14.6. The van der Waals surface area contributed by atoms with Crippen molar-refractivity contribution in [3.8, 4) is 0 Å². The fourth-order valence-electron chi connectivity index (χ4n) is 2.51. The smallest absolute Gasteiger partial charge is 0.176 e. The van der Waals surface area contributed by atoms with Crippen molar-refractivity contribution in [2.24, 2.45) is 0 Å². The molecular weight excluding hydrogens is 248 g/mol. The number of benzene rings is 1. The van der Waals surface area contributed by atoms with Crippen molar-refractivity contribution in [1.82, 2.24) is 10.2 Å². The molecule has 0 aromatic heterocycles. The van der Waals surface area contributed by atoms with Gasteiger partial charge in [0.15, 0.2) is 5.78 Å². The fraction of sp³-hybridized carbons (Fsp3) is 0.588. The van der Waals surface area contributed by atoms with Crippen molar-refractivity contribution in [2.75, 3.05) is 32.7 Å². The van der Waals surface area contributed by atoms with Gasteiger partial charge in [0, 0.05) is 18.7 Å². The first-order chi connectivity index (χ1) is 9.47. The highest BCUT2D eigenvalue weighted by Gasteiger charge is 2.16. The van der Waals surface area contributed by atoms with E-state index in [1.165, 1.54) is 5.56 Å². The van der Waals surface area contributed by atoms with Crippen molar-refractivity contribution in [3.05, 3.63) is 35.4 Å². The largest absolute Gasteiger partial charge is 0.315 e. The molecule has 0 aliphatic carbocycles. The number of nitrogens with one attached hydrogen (secondary N) is 1. The maximum atomic E-state index is 12.3. The average Bonchev–Trinajstić information content (AvgIpc) is 2.66. The predicted molar refractivity (Wildman–Crippen MR) is 83.4 cm³/mol. The Labute approximate surface area is 122 Å². The van der Waals surface area contributed by atoms with Crippen LogP contribution >= 0.6 is 0 Å². The number of carbonyl (C=O) groups excluding carboxylic acids is 1. The summed E-state index contributed by atoms with van der Waals surface area (Å²) < 4.78 is 0. The third-order valence-corrected chi connectivity index (χ3v) is 3.87. The third kappa shape index (κ3) is 4.15. The molecule has 0 radical (unpaired) electrons. The van der Waals surface area contributed by atoms with Gasteiger partial charge in [0.05, 0.1) is 6.54 Å². The van der Waals surface area contributed by atoms with Crippen molar-refractivity contribution in [1.29, 1.82) is 0 Å². The minimum atomic E-state index is 0.137. The standard InChI is InChI=1S/C17H26N2O/c1-17(2,3)15-7-5-14(6-8-15)16(20)13-19-11-4-9-18-10-12-19/h5-8,18H,4,9-13H2,1-3H3. The second kappa shape index (κ2) is 6.51. The number of ketones is 1. The lowest BCUT2D eigenvalue weighted by Crippen LogP contribution is -2.33. The van der Waals surface area contributed by atoms with Gasteiger partial charge in [-0.3, -0.25) is 9.69 Å². The number of hydrogen-bond acceptors (Lipinski definition) is 3.